The van der Waals surface area contributed by atoms with Crippen molar-refractivity contribution in [1.82, 2.24) is 9.97 Å². The Morgan fingerprint density at radius 1 is 1.32 bits per heavy atom. The Morgan fingerprint density at radius 3 is 2.63 bits per heavy atom. The highest BCUT2D eigenvalue weighted by molar-refractivity contribution is 7.98. The first-order valence-electron chi connectivity index (χ1n) is 6.01. The van der Waals surface area contributed by atoms with E-state index in [0.717, 1.165) is 5.82 Å². The van der Waals surface area contributed by atoms with Gasteiger partial charge in [0.1, 0.15) is 11.6 Å². The van der Waals surface area contributed by atoms with Crippen LogP contribution in [0.5, 0.6) is 0 Å². The third kappa shape index (κ3) is 3.39. The summed E-state index contributed by atoms with van der Waals surface area (Å²) in [6.45, 7) is 6.40. The number of rotatable bonds is 4. The van der Waals surface area contributed by atoms with Gasteiger partial charge < -0.3 is 11.1 Å². The van der Waals surface area contributed by atoms with Crippen LogP contribution in [0.3, 0.4) is 0 Å². The summed E-state index contributed by atoms with van der Waals surface area (Å²) in [5.74, 6) is 1.26. The fourth-order valence-corrected chi connectivity index (χ4v) is 3.40. The number of nitrogens with one attached hydrogen (secondary N) is 1. The molecule has 0 aliphatic heterocycles. The zero-order chi connectivity index (χ0) is 14.0. The predicted octanol–water partition coefficient (Wildman–Crippen LogP) is 3.63. The molecule has 1 atom stereocenters. The van der Waals surface area contributed by atoms with Gasteiger partial charge in [-0.15, -0.1) is 11.3 Å². The molecule has 0 spiro atoms. The maximum Gasteiger partial charge on any atom is 0.191 e. The van der Waals surface area contributed by atoms with E-state index in [1.54, 1.807) is 6.07 Å². The van der Waals surface area contributed by atoms with Gasteiger partial charge in [-0.05, 0) is 38.7 Å². The van der Waals surface area contributed by atoms with Crippen molar-refractivity contribution < 1.29 is 0 Å². The Hall–Kier alpha value is -1.27. The Morgan fingerprint density at radius 2 is 2.05 bits per heavy atom. The van der Waals surface area contributed by atoms with E-state index in [1.807, 2.05) is 17.6 Å². The predicted molar refractivity (Wildman–Crippen MR) is 84.1 cm³/mol. The van der Waals surface area contributed by atoms with Gasteiger partial charge in [-0.3, -0.25) is 0 Å². The minimum Gasteiger partial charge on any atom is -0.383 e. The Kier molecular flexibility index (Phi) is 4.31. The number of hydrogen-bond donors (Lipinski definition) is 2. The third-order valence-corrected chi connectivity index (χ3v) is 4.35. The zero-order valence-corrected chi connectivity index (χ0v) is 13.2. The summed E-state index contributed by atoms with van der Waals surface area (Å²) in [6, 6.07) is 4.19. The van der Waals surface area contributed by atoms with Crippen LogP contribution < -0.4 is 11.1 Å². The van der Waals surface area contributed by atoms with E-state index in [2.05, 4.69) is 42.1 Å². The fourth-order valence-electron chi connectivity index (χ4n) is 1.99. The first-order chi connectivity index (χ1) is 8.99. The molecule has 0 radical (unpaired) electrons. The van der Waals surface area contributed by atoms with Crippen molar-refractivity contribution >= 4 is 34.7 Å². The van der Waals surface area contributed by atoms with Gasteiger partial charge in [0, 0.05) is 15.8 Å². The molecule has 1 unspecified atom stereocenters. The normalized spacial score (nSPS) is 12.4. The van der Waals surface area contributed by atoms with E-state index in [-0.39, 0.29) is 6.04 Å². The van der Waals surface area contributed by atoms with Crippen molar-refractivity contribution in [2.24, 2.45) is 0 Å². The molecule has 102 valence electrons. The van der Waals surface area contributed by atoms with Crippen LogP contribution >= 0.6 is 23.1 Å². The monoisotopic (exact) mass is 294 g/mol. The number of aryl methyl sites for hydroxylation is 2. The van der Waals surface area contributed by atoms with E-state index < -0.39 is 0 Å². The quantitative estimate of drug-likeness (QED) is 0.666. The summed E-state index contributed by atoms with van der Waals surface area (Å²) >= 11 is 3.30. The van der Waals surface area contributed by atoms with Crippen molar-refractivity contribution in [3.05, 3.63) is 27.5 Å². The molecule has 2 rings (SSSR count). The number of nitrogens with two attached hydrogens (primary N) is 1. The van der Waals surface area contributed by atoms with Crippen LogP contribution in [0.2, 0.25) is 0 Å². The second-order valence-corrected chi connectivity index (χ2v) is 6.63. The smallest absolute Gasteiger partial charge is 0.191 e. The SMILES string of the molecule is CSc1nc(N)cc(NC(C)c2cc(C)sc2C)n1. The highest BCUT2D eigenvalue weighted by Gasteiger charge is 2.12. The molecule has 3 N–H and O–H groups in total. The molecule has 0 bridgehead atoms. The van der Waals surface area contributed by atoms with Crippen LogP contribution in [0, 0.1) is 13.8 Å². The van der Waals surface area contributed by atoms with Gasteiger partial charge in [0.05, 0.1) is 6.04 Å². The maximum absolute atomic E-state index is 5.78. The average molecular weight is 294 g/mol. The Bertz CT molecular complexity index is 580. The minimum atomic E-state index is 0.203. The van der Waals surface area contributed by atoms with Crippen LogP contribution in [0.1, 0.15) is 28.3 Å². The molecular formula is C13H18N4S2. The minimum absolute atomic E-state index is 0.203. The summed E-state index contributed by atoms with van der Waals surface area (Å²) in [6.07, 6.45) is 1.94. The molecule has 6 heteroatoms. The highest BCUT2D eigenvalue weighted by Crippen LogP contribution is 2.28. The molecule has 2 aromatic rings. The molecule has 19 heavy (non-hydrogen) atoms. The topological polar surface area (TPSA) is 63.8 Å². The van der Waals surface area contributed by atoms with Gasteiger partial charge >= 0.3 is 0 Å². The lowest BCUT2D eigenvalue weighted by molar-refractivity contribution is 0.855. The van der Waals surface area contributed by atoms with Crippen LogP contribution in [0.4, 0.5) is 11.6 Å². The van der Waals surface area contributed by atoms with Crippen LogP contribution in [0.25, 0.3) is 0 Å². The number of anilines is 2. The van der Waals surface area contributed by atoms with Crippen LogP contribution in [-0.4, -0.2) is 16.2 Å². The number of thioether (sulfide) groups is 1. The number of hydrogen-bond acceptors (Lipinski definition) is 6. The number of nitrogens with zero attached hydrogens (tertiary/aromatic N) is 2. The van der Waals surface area contributed by atoms with E-state index in [1.165, 1.54) is 27.1 Å². The average Bonchev–Trinajstić information content (AvgIpc) is 2.67. The van der Waals surface area contributed by atoms with E-state index in [4.69, 9.17) is 5.73 Å². The number of aromatic nitrogens is 2. The molecule has 0 aromatic carbocycles. The van der Waals surface area contributed by atoms with Gasteiger partial charge in [-0.2, -0.15) is 0 Å². The third-order valence-electron chi connectivity index (χ3n) is 2.82. The summed E-state index contributed by atoms with van der Waals surface area (Å²) in [5, 5.41) is 4.08. The molecule has 4 nitrogen and oxygen atoms in total. The lowest BCUT2D eigenvalue weighted by Crippen LogP contribution is -2.09. The van der Waals surface area contributed by atoms with Gasteiger partial charge in [-0.25, -0.2) is 9.97 Å². The first kappa shape index (κ1) is 14.1. The molecule has 0 amide bonds. The van der Waals surface area contributed by atoms with Crippen molar-refractivity contribution in [3.8, 4) is 0 Å². The lowest BCUT2D eigenvalue weighted by atomic mass is 10.1. The number of nitrogen functional groups attached to an aromatic ring is 1. The maximum atomic E-state index is 5.78. The summed E-state index contributed by atoms with van der Waals surface area (Å²) in [7, 11) is 0. The highest BCUT2D eigenvalue weighted by atomic mass is 32.2. The Labute approximate surface area is 121 Å². The molecule has 2 heterocycles. The second-order valence-electron chi connectivity index (χ2n) is 4.40. The fraction of sp³-hybridized carbons (Fsp3) is 0.385. The van der Waals surface area contributed by atoms with Gasteiger partial charge in [0.15, 0.2) is 5.16 Å². The lowest BCUT2D eigenvalue weighted by Gasteiger charge is -2.15. The van der Waals surface area contributed by atoms with Crippen LogP contribution in [-0.2, 0) is 0 Å². The van der Waals surface area contributed by atoms with E-state index >= 15 is 0 Å². The van der Waals surface area contributed by atoms with Crippen molar-refractivity contribution in [1.29, 1.82) is 0 Å². The molecule has 0 aliphatic rings. The van der Waals surface area contributed by atoms with Gasteiger partial charge in [0.2, 0.25) is 0 Å². The molecule has 0 aliphatic carbocycles. The molecule has 0 fully saturated rings. The standard InChI is InChI=1S/C13H18N4S2/c1-7-5-10(9(3)19-7)8(2)15-12-6-11(14)16-13(17-12)18-4/h5-6,8H,1-4H3,(H3,14,15,16,17). The summed E-state index contributed by atoms with van der Waals surface area (Å²) in [4.78, 5) is 11.2. The number of thiophene rings is 1. The van der Waals surface area contributed by atoms with Crippen molar-refractivity contribution in [2.45, 2.75) is 32.0 Å². The largest absolute Gasteiger partial charge is 0.383 e. The molecule has 2 aromatic heterocycles. The Balaban J connectivity index is 2.21. The first-order valence-corrected chi connectivity index (χ1v) is 8.05. The molecule has 0 saturated carbocycles. The van der Waals surface area contributed by atoms with Crippen LogP contribution in [0.15, 0.2) is 17.3 Å². The second kappa shape index (κ2) is 5.79. The molecular weight excluding hydrogens is 276 g/mol. The van der Waals surface area contributed by atoms with Gasteiger partial charge in [-0.1, -0.05) is 11.8 Å². The summed E-state index contributed by atoms with van der Waals surface area (Å²) < 4.78 is 0. The van der Waals surface area contributed by atoms with Crippen molar-refractivity contribution in [2.75, 3.05) is 17.3 Å². The molecule has 0 saturated heterocycles. The van der Waals surface area contributed by atoms with Crippen molar-refractivity contribution in [3.63, 3.8) is 0 Å². The summed E-state index contributed by atoms with van der Waals surface area (Å²) in [5.41, 5.74) is 7.09. The zero-order valence-electron chi connectivity index (χ0n) is 11.5. The van der Waals surface area contributed by atoms with E-state index in [0.29, 0.717) is 11.0 Å². The van der Waals surface area contributed by atoms with Gasteiger partial charge in [0.25, 0.3) is 0 Å². The van der Waals surface area contributed by atoms with E-state index in [9.17, 15) is 0 Å².